The van der Waals surface area contributed by atoms with Gasteiger partial charge in [-0.1, -0.05) is 18.2 Å². The summed E-state index contributed by atoms with van der Waals surface area (Å²) >= 11 is 0. The van der Waals surface area contributed by atoms with Crippen LogP contribution in [0.1, 0.15) is 24.8 Å². The molecule has 3 atom stereocenters. The third kappa shape index (κ3) is 6.80. The molecule has 0 aliphatic heterocycles. The summed E-state index contributed by atoms with van der Waals surface area (Å²) in [7, 11) is 0. The van der Waals surface area contributed by atoms with Crippen molar-refractivity contribution in [3.05, 3.63) is 36.0 Å². The molecule has 9 N–H and O–H groups in total. The van der Waals surface area contributed by atoms with E-state index in [1.54, 1.807) is 18.3 Å². The number of aromatic nitrogens is 1. The van der Waals surface area contributed by atoms with E-state index in [4.69, 9.17) is 16.6 Å². The Bertz CT molecular complexity index is 1020. The van der Waals surface area contributed by atoms with Crippen molar-refractivity contribution < 1.29 is 34.2 Å². The van der Waals surface area contributed by atoms with Crippen molar-refractivity contribution in [2.24, 2.45) is 11.5 Å². The number of nitrogens with one attached hydrogen (secondary N) is 3. The average Bonchev–Trinajstić information content (AvgIpc) is 3.13. The molecule has 1 heterocycles. The number of rotatable bonds is 12. The molecule has 0 radical (unpaired) electrons. The highest BCUT2D eigenvalue weighted by molar-refractivity contribution is 5.95. The number of aromatic amines is 1. The Morgan fingerprint density at radius 3 is 2.28 bits per heavy atom. The van der Waals surface area contributed by atoms with E-state index in [1.165, 1.54) is 0 Å². The summed E-state index contributed by atoms with van der Waals surface area (Å²) in [5.74, 6) is -5.17. The molecule has 12 nitrogen and oxygen atoms in total. The van der Waals surface area contributed by atoms with Crippen LogP contribution >= 0.6 is 0 Å². The van der Waals surface area contributed by atoms with Crippen LogP contribution in [-0.4, -0.2) is 63.0 Å². The number of carbonyl (C=O) groups is 5. The van der Waals surface area contributed by atoms with Gasteiger partial charge in [-0.2, -0.15) is 0 Å². The molecule has 172 valence electrons. The highest BCUT2D eigenvalue weighted by Gasteiger charge is 2.29. The van der Waals surface area contributed by atoms with Crippen molar-refractivity contribution in [2.45, 2.75) is 43.8 Å². The number of benzene rings is 1. The molecular formula is C20H25N5O7. The molecule has 12 heteroatoms. The summed E-state index contributed by atoms with van der Waals surface area (Å²) in [6.07, 6.45) is 0.428. The largest absolute Gasteiger partial charge is 0.481 e. The molecule has 2 aromatic rings. The minimum Gasteiger partial charge on any atom is -0.481 e. The van der Waals surface area contributed by atoms with Crippen molar-refractivity contribution in [3.63, 3.8) is 0 Å². The van der Waals surface area contributed by atoms with Crippen LogP contribution in [0.2, 0.25) is 0 Å². The second-order valence-electron chi connectivity index (χ2n) is 7.23. The quantitative estimate of drug-likeness (QED) is 0.210. The molecule has 1 aromatic carbocycles. The molecule has 32 heavy (non-hydrogen) atoms. The van der Waals surface area contributed by atoms with Gasteiger partial charge in [0.05, 0.1) is 12.5 Å². The van der Waals surface area contributed by atoms with E-state index in [2.05, 4.69) is 15.6 Å². The molecule has 0 spiro atoms. The van der Waals surface area contributed by atoms with Gasteiger partial charge >= 0.3 is 11.9 Å². The number of carboxylic acids is 2. The lowest BCUT2D eigenvalue weighted by atomic mass is 10.0. The van der Waals surface area contributed by atoms with E-state index >= 15 is 0 Å². The molecule has 3 unspecified atom stereocenters. The SMILES string of the molecule is NC(=O)CC(NC(=O)C(N)CCC(=O)O)C(=O)NC(Cc1c[nH]c2ccccc12)C(=O)O. The van der Waals surface area contributed by atoms with Crippen LogP contribution in [0, 0.1) is 0 Å². The van der Waals surface area contributed by atoms with Gasteiger partial charge in [-0.05, 0) is 18.1 Å². The molecule has 2 rings (SSSR count). The molecule has 0 saturated carbocycles. The predicted octanol–water partition coefficient (Wildman–Crippen LogP) is -1.17. The Hall–Kier alpha value is -3.93. The zero-order valence-electron chi connectivity index (χ0n) is 17.0. The molecule has 0 saturated heterocycles. The summed E-state index contributed by atoms with van der Waals surface area (Å²) in [6, 6.07) is 3.17. The van der Waals surface area contributed by atoms with Crippen LogP contribution in [0.3, 0.4) is 0 Å². The monoisotopic (exact) mass is 447 g/mol. The fourth-order valence-corrected chi connectivity index (χ4v) is 3.09. The summed E-state index contributed by atoms with van der Waals surface area (Å²) in [6.45, 7) is 0. The Morgan fingerprint density at radius 1 is 1.00 bits per heavy atom. The summed E-state index contributed by atoms with van der Waals surface area (Å²) < 4.78 is 0. The third-order valence-electron chi connectivity index (χ3n) is 4.76. The van der Waals surface area contributed by atoms with Gasteiger partial charge in [0, 0.05) is 29.9 Å². The maximum Gasteiger partial charge on any atom is 0.326 e. The Morgan fingerprint density at radius 2 is 1.66 bits per heavy atom. The standard InChI is InChI=1S/C20H25N5O7/c21-12(5-6-17(27)28)18(29)24-14(8-16(22)26)19(30)25-15(20(31)32)7-10-9-23-13-4-2-1-3-11(10)13/h1-4,9,12,14-15,23H,5-8,21H2,(H2,22,26)(H,24,29)(H,25,30)(H,27,28)(H,31,32). The maximum atomic E-state index is 12.7. The average molecular weight is 447 g/mol. The second-order valence-corrected chi connectivity index (χ2v) is 7.23. The first-order valence-corrected chi connectivity index (χ1v) is 9.72. The van der Waals surface area contributed by atoms with Gasteiger partial charge in [-0.15, -0.1) is 0 Å². The van der Waals surface area contributed by atoms with E-state index in [0.717, 1.165) is 10.9 Å². The van der Waals surface area contributed by atoms with Crippen molar-refractivity contribution in [1.29, 1.82) is 0 Å². The lowest BCUT2D eigenvalue weighted by molar-refractivity contribution is -0.142. The lowest BCUT2D eigenvalue weighted by Gasteiger charge is -2.22. The van der Waals surface area contributed by atoms with E-state index in [0.29, 0.717) is 5.56 Å². The zero-order valence-corrected chi connectivity index (χ0v) is 17.0. The van der Waals surface area contributed by atoms with E-state index in [1.807, 2.05) is 12.1 Å². The second kappa shape index (κ2) is 10.9. The minimum absolute atomic E-state index is 0.0551. The number of fused-ring (bicyclic) bond motifs is 1. The smallest absolute Gasteiger partial charge is 0.326 e. The first-order chi connectivity index (χ1) is 15.1. The number of para-hydroxylation sites is 1. The molecule has 0 fully saturated rings. The molecule has 3 amide bonds. The zero-order chi connectivity index (χ0) is 23.8. The number of H-pyrrole nitrogens is 1. The highest BCUT2D eigenvalue weighted by Crippen LogP contribution is 2.19. The summed E-state index contributed by atoms with van der Waals surface area (Å²) in [4.78, 5) is 61.6. The fourth-order valence-electron chi connectivity index (χ4n) is 3.09. The number of nitrogens with two attached hydrogens (primary N) is 2. The Kier molecular flexibility index (Phi) is 8.30. The van der Waals surface area contributed by atoms with Gasteiger partial charge in [0.15, 0.2) is 0 Å². The first kappa shape index (κ1) is 24.3. The van der Waals surface area contributed by atoms with E-state index in [9.17, 15) is 29.1 Å². The van der Waals surface area contributed by atoms with Crippen molar-refractivity contribution in [2.75, 3.05) is 0 Å². The van der Waals surface area contributed by atoms with Crippen LogP contribution in [0.4, 0.5) is 0 Å². The predicted molar refractivity (Wildman–Crippen MR) is 112 cm³/mol. The minimum atomic E-state index is -1.47. The van der Waals surface area contributed by atoms with Crippen LogP contribution in [0.5, 0.6) is 0 Å². The van der Waals surface area contributed by atoms with Gasteiger partial charge < -0.3 is 37.3 Å². The number of hydrogen-bond acceptors (Lipinski definition) is 6. The lowest BCUT2D eigenvalue weighted by Crippen LogP contribution is -2.55. The van der Waals surface area contributed by atoms with Crippen molar-refractivity contribution in [3.8, 4) is 0 Å². The summed E-state index contributed by atoms with van der Waals surface area (Å²) in [5, 5.41) is 23.6. The molecule has 1 aromatic heterocycles. The normalized spacial score (nSPS) is 13.7. The Labute approximate surface area is 182 Å². The first-order valence-electron chi connectivity index (χ1n) is 9.72. The van der Waals surface area contributed by atoms with E-state index < -0.39 is 54.2 Å². The number of aliphatic carboxylic acids is 2. The third-order valence-corrected chi connectivity index (χ3v) is 4.76. The van der Waals surface area contributed by atoms with Gasteiger partial charge in [0.25, 0.3) is 0 Å². The Balaban J connectivity index is 2.11. The number of amides is 3. The van der Waals surface area contributed by atoms with Gasteiger partial charge in [0.1, 0.15) is 12.1 Å². The number of hydrogen-bond donors (Lipinski definition) is 7. The number of carbonyl (C=O) groups excluding carboxylic acids is 3. The van der Waals surface area contributed by atoms with Gasteiger partial charge in [0.2, 0.25) is 17.7 Å². The molecule has 0 aliphatic rings. The molecule has 0 bridgehead atoms. The van der Waals surface area contributed by atoms with Crippen molar-refractivity contribution in [1.82, 2.24) is 15.6 Å². The fraction of sp³-hybridized carbons (Fsp3) is 0.350. The highest BCUT2D eigenvalue weighted by atomic mass is 16.4. The topological polar surface area (TPSA) is 218 Å². The van der Waals surface area contributed by atoms with Crippen LogP contribution in [-0.2, 0) is 30.4 Å². The van der Waals surface area contributed by atoms with Gasteiger partial charge in [-0.25, -0.2) is 4.79 Å². The summed E-state index contributed by atoms with van der Waals surface area (Å²) in [5.41, 5.74) is 12.2. The maximum absolute atomic E-state index is 12.7. The van der Waals surface area contributed by atoms with Crippen LogP contribution < -0.4 is 22.1 Å². The number of primary amides is 1. The molecule has 0 aliphatic carbocycles. The number of carboxylic acid groups (broad SMARTS) is 2. The molecular weight excluding hydrogens is 422 g/mol. The van der Waals surface area contributed by atoms with Gasteiger partial charge in [-0.3, -0.25) is 19.2 Å². The van der Waals surface area contributed by atoms with Crippen LogP contribution in [0.25, 0.3) is 10.9 Å². The van der Waals surface area contributed by atoms with Crippen LogP contribution in [0.15, 0.2) is 30.5 Å². The van der Waals surface area contributed by atoms with Crippen molar-refractivity contribution >= 4 is 40.6 Å². The van der Waals surface area contributed by atoms with E-state index in [-0.39, 0.29) is 19.3 Å².